The third-order valence-electron chi connectivity index (χ3n) is 4.12. The third kappa shape index (κ3) is 3.45. The Labute approximate surface area is 160 Å². The van der Waals surface area contributed by atoms with E-state index >= 15 is 0 Å². The van der Waals surface area contributed by atoms with E-state index in [1.54, 1.807) is 14.0 Å². The van der Waals surface area contributed by atoms with E-state index in [0.29, 0.717) is 12.1 Å². The number of hydrogen-bond donors (Lipinski definition) is 1. The van der Waals surface area contributed by atoms with Gasteiger partial charge in [-0.05, 0) is 42.3 Å². The summed E-state index contributed by atoms with van der Waals surface area (Å²) < 4.78 is 2.51. The van der Waals surface area contributed by atoms with Crippen molar-refractivity contribution in [3.63, 3.8) is 0 Å². The molecule has 0 bridgehead atoms. The SMILES string of the molecule is CCn1nc(C(=O)Nc2nnnn2C)c(Cl)c(-c2cc(C)ccc2C)c1=O. The Morgan fingerprint density at radius 1 is 1.30 bits per heavy atom. The van der Waals surface area contributed by atoms with E-state index in [4.69, 9.17) is 11.6 Å². The van der Waals surface area contributed by atoms with Crippen molar-refractivity contribution in [1.29, 1.82) is 0 Å². The van der Waals surface area contributed by atoms with Gasteiger partial charge in [0.2, 0.25) is 5.95 Å². The molecule has 1 amide bonds. The molecule has 0 radical (unpaired) electrons. The number of hydrogen-bond acceptors (Lipinski definition) is 6. The number of carbonyl (C=O) groups excluding carboxylic acids is 1. The molecular weight excluding hydrogens is 370 g/mol. The van der Waals surface area contributed by atoms with Crippen LogP contribution in [0.2, 0.25) is 5.02 Å². The number of amides is 1. The number of nitrogens with zero attached hydrogens (tertiary/aromatic N) is 6. The first-order valence-electron chi connectivity index (χ1n) is 8.25. The van der Waals surface area contributed by atoms with Crippen molar-refractivity contribution >= 4 is 23.5 Å². The number of aryl methyl sites for hydroxylation is 4. The smallest absolute Gasteiger partial charge is 0.280 e. The first-order chi connectivity index (χ1) is 12.8. The summed E-state index contributed by atoms with van der Waals surface area (Å²) in [5, 5.41) is 17.5. The summed E-state index contributed by atoms with van der Waals surface area (Å²) in [5.74, 6) is -0.466. The Morgan fingerprint density at radius 3 is 2.67 bits per heavy atom. The molecular formula is C17H18ClN7O2. The highest BCUT2D eigenvalue weighted by molar-refractivity contribution is 6.36. The van der Waals surface area contributed by atoms with Crippen molar-refractivity contribution in [2.75, 3.05) is 5.32 Å². The highest BCUT2D eigenvalue weighted by Crippen LogP contribution is 2.30. The summed E-state index contributed by atoms with van der Waals surface area (Å²) in [6, 6.07) is 5.72. The number of tetrazole rings is 1. The number of rotatable bonds is 4. The maximum Gasteiger partial charge on any atom is 0.280 e. The second-order valence-electron chi connectivity index (χ2n) is 6.06. The van der Waals surface area contributed by atoms with Gasteiger partial charge in [-0.1, -0.05) is 40.5 Å². The van der Waals surface area contributed by atoms with E-state index in [-0.39, 0.29) is 27.8 Å². The van der Waals surface area contributed by atoms with Crippen LogP contribution in [-0.4, -0.2) is 35.9 Å². The Morgan fingerprint density at radius 2 is 2.04 bits per heavy atom. The lowest BCUT2D eigenvalue weighted by atomic mass is 9.99. The molecule has 0 unspecified atom stereocenters. The van der Waals surface area contributed by atoms with Crippen molar-refractivity contribution in [2.45, 2.75) is 27.3 Å². The van der Waals surface area contributed by atoms with Crippen molar-refractivity contribution in [1.82, 2.24) is 30.0 Å². The zero-order chi connectivity index (χ0) is 19.7. The fraction of sp³-hybridized carbons (Fsp3) is 0.294. The van der Waals surface area contributed by atoms with Gasteiger partial charge in [0.15, 0.2) is 5.69 Å². The second-order valence-corrected chi connectivity index (χ2v) is 6.44. The van der Waals surface area contributed by atoms with E-state index in [9.17, 15) is 9.59 Å². The first kappa shape index (κ1) is 18.7. The molecule has 0 aliphatic carbocycles. The van der Waals surface area contributed by atoms with Gasteiger partial charge in [0, 0.05) is 13.6 Å². The Hall–Kier alpha value is -3.07. The Kier molecular flexibility index (Phi) is 5.04. The van der Waals surface area contributed by atoms with E-state index in [1.165, 1.54) is 9.36 Å². The summed E-state index contributed by atoms with van der Waals surface area (Å²) in [5.41, 5.74) is 2.34. The zero-order valence-electron chi connectivity index (χ0n) is 15.3. The normalized spacial score (nSPS) is 10.9. The van der Waals surface area contributed by atoms with E-state index < -0.39 is 5.91 Å². The highest BCUT2D eigenvalue weighted by Gasteiger charge is 2.24. The lowest BCUT2D eigenvalue weighted by Gasteiger charge is -2.14. The van der Waals surface area contributed by atoms with Gasteiger partial charge in [-0.25, -0.2) is 9.36 Å². The molecule has 0 atom stereocenters. The molecule has 0 spiro atoms. The minimum atomic E-state index is -0.605. The van der Waals surface area contributed by atoms with Gasteiger partial charge in [0.25, 0.3) is 11.5 Å². The molecule has 3 rings (SSSR count). The van der Waals surface area contributed by atoms with Crippen LogP contribution in [0.15, 0.2) is 23.0 Å². The topological polar surface area (TPSA) is 108 Å². The van der Waals surface area contributed by atoms with Crippen molar-refractivity contribution in [2.24, 2.45) is 7.05 Å². The average molecular weight is 388 g/mol. The van der Waals surface area contributed by atoms with Crippen LogP contribution in [-0.2, 0) is 13.6 Å². The standard InChI is InChI=1S/C17H18ClN7O2/c1-5-25-16(27)12(11-8-9(2)6-7-10(11)3)13(18)14(21-25)15(26)19-17-20-22-23-24(17)4/h6-8H,5H2,1-4H3,(H,19,20,23,26). The van der Waals surface area contributed by atoms with Gasteiger partial charge in [0.1, 0.15) is 0 Å². The fourth-order valence-corrected chi connectivity index (χ4v) is 2.95. The van der Waals surface area contributed by atoms with E-state index in [1.807, 2.05) is 32.0 Å². The van der Waals surface area contributed by atoms with Gasteiger partial charge in [-0.15, -0.1) is 0 Å². The van der Waals surface area contributed by atoms with E-state index in [0.717, 1.165) is 11.1 Å². The van der Waals surface area contributed by atoms with Gasteiger partial charge < -0.3 is 0 Å². The van der Waals surface area contributed by atoms with Crippen LogP contribution in [0.5, 0.6) is 0 Å². The molecule has 0 saturated carbocycles. The van der Waals surface area contributed by atoms with Crippen molar-refractivity contribution in [3.05, 3.63) is 50.4 Å². The largest absolute Gasteiger partial charge is 0.288 e. The number of aromatic nitrogens is 6. The number of benzene rings is 1. The molecule has 27 heavy (non-hydrogen) atoms. The number of anilines is 1. The molecule has 140 valence electrons. The number of nitrogens with one attached hydrogen (secondary N) is 1. The third-order valence-corrected chi connectivity index (χ3v) is 4.49. The minimum Gasteiger partial charge on any atom is -0.288 e. The van der Waals surface area contributed by atoms with Crippen molar-refractivity contribution in [3.8, 4) is 11.1 Å². The molecule has 3 aromatic rings. The summed E-state index contributed by atoms with van der Waals surface area (Å²) >= 11 is 6.48. The molecule has 0 fully saturated rings. The second kappa shape index (κ2) is 7.28. The fourth-order valence-electron chi connectivity index (χ4n) is 2.65. The quantitative estimate of drug-likeness (QED) is 0.733. The van der Waals surface area contributed by atoms with E-state index in [2.05, 4.69) is 25.9 Å². The van der Waals surface area contributed by atoms with Crippen LogP contribution >= 0.6 is 11.6 Å². The van der Waals surface area contributed by atoms with Crippen LogP contribution in [0.1, 0.15) is 28.5 Å². The zero-order valence-corrected chi connectivity index (χ0v) is 16.1. The molecule has 0 saturated heterocycles. The van der Waals surface area contributed by atoms with Gasteiger partial charge >= 0.3 is 0 Å². The summed E-state index contributed by atoms with van der Waals surface area (Å²) in [7, 11) is 1.58. The predicted molar refractivity (Wildman–Crippen MR) is 101 cm³/mol. The summed E-state index contributed by atoms with van der Waals surface area (Å²) in [6.07, 6.45) is 0. The molecule has 1 N–H and O–H groups in total. The van der Waals surface area contributed by atoms with Crippen LogP contribution in [0.3, 0.4) is 0 Å². The van der Waals surface area contributed by atoms with Gasteiger partial charge in [-0.2, -0.15) is 5.10 Å². The molecule has 10 heteroatoms. The lowest BCUT2D eigenvalue weighted by molar-refractivity contribution is 0.101. The molecule has 1 aromatic carbocycles. The maximum absolute atomic E-state index is 12.9. The van der Waals surface area contributed by atoms with Gasteiger partial charge in [0.05, 0.1) is 10.6 Å². The van der Waals surface area contributed by atoms with Crippen LogP contribution < -0.4 is 10.9 Å². The number of halogens is 1. The first-order valence-corrected chi connectivity index (χ1v) is 8.63. The lowest BCUT2D eigenvalue weighted by Crippen LogP contribution is -2.29. The van der Waals surface area contributed by atoms with Gasteiger partial charge in [-0.3, -0.25) is 14.9 Å². The van der Waals surface area contributed by atoms with Crippen LogP contribution in [0, 0.1) is 13.8 Å². The molecule has 2 aromatic heterocycles. The summed E-state index contributed by atoms with van der Waals surface area (Å²) in [4.78, 5) is 25.6. The Balaban J connectivity index is 2.19. The molecule has 9 nitrogen and oxygen atoms in total. The van der Waals surface area contributed by atoms with Crippen LogP contribution in [0.25, 0.3) is 11.1 Å². The monoisotopic (exact) mass is 387 g/mol. The predicted octanol–water partition coefficient (Wildman–Crippen LogP) is 1.98. The number of carbonyl (C=O) groups is 1. The highest BCUT2D eigenvalue weighted by atomic mass is 35.5. The Bertz CT molecular complexity index is 1090. The average Bonchev–Trinajstić information content (AvgIpc) is 3.03. The molecule has 2 heterocycles. The van der Waals surface area contributed by atoms with Crippen molar-refractivity contribution < 1.29 is 4.79 Å². The molecule has 0 aliphatic heterocycles. The molecule has 0 aliphatic rings. The minimum absolute atomic E-state index is 0.00831. The summed E-state index contributed by atoms with van der Waals surface area (Å²) in [6.45, 7) is 5.86. The maximum atomic E-state index is 12.9. The van der Waals surface area contributed by atoms with Crippen LogP contribution in [0.4, 0.5) is 5.95 Å².